The molecule has 1 N–H and O–H groups in total. The summed E-state index contributed by atoms with van der Waals surface area (Å²) in [7, 11) is 0. The van der Waals surface area contributed by atoms with Crippen LogP contribution in [0.1, 0.15) is 95.1 Å². The van der Waals surface area contributed by atoms with E-state index in [2.05, 4.69) is 13.0 Å². The number of hydrogen-bond donors (Lipinski definition) is 1. The molecule has 0 amide bonds. The van der Waals surface area contributed by atoms with Gasteiger partial charge in [0.2, 0.25) is 0 Å². The molecule has 0 aliphatic heterocycles. The highest BCUT2D eigenvalue weighted by Gasteiger charge is 2.44. The lowest BCUT2D eigenvalue weighted by molar-refractivity contribution is -0.135. The van der Waals surface area contributed by atoms with Gasteiger partial charge < -0.3 is 9.84 Å². The van der Waals surface area contributed by atoms with Gasteiger partial charge in [0.15, 0.2) is 0 Å². The van der Waals surface area contributed by atoms with Gasteiger partial charge in [-0.1, -0.05) is 32.3 Å². The van der Waals surface area contributed by atoms with Crippen LogP contribution in [0.4, 0.5) is 0 Å². The van der Waals surface area contributed by atoms with E-state index in [1.165, 1.54) is 49.7 Å². The van der Waals surface area contributed by atoms with E-state index in [0.717, 1.165) is 51.4 Å². The molecular weight excluding hydrogens is 336 g/mol. The number of benzene rings is 1. The molecule has 2 saturated carbocycles. The summed E-state index contributed by atoms with van der Waals surface area (Å²) in [5, 5.41) is 10.0. The number of carbonyl (C=O) groups excluding carboxylic acids is 1. The van der Waals surface area contributed by atoms with Gasteiger partial charge >= 0.3 is 0 Å². The number of unbranched alkanes of at least 4 members (excludes halogenated alkanes) is 4. The third kappa shape index (κ3) is 6.86. The number of ether oxygens (including phenoxy) is 1. The fourth-order valence-electron chi connectivity index (χ4n) is 4.17. The zero-order chi connectivity index (χ0) is 19.2. The van der Waals surface area contributed by atoms with Gasteiger partial charge in [0.05, 0.1) is 0 Å². The molecule has 150 valence electrons. The fraction of sp³-hybridized carbons (Fsp3) is 0.708. The number of aromatic hydroxyl groups is 1. The maximum Gasteiger partial charge on any atom is 0.293 e. The van der Waals surface area contributed by atoms with E-state index in [0.29, 0.717) is 17.6 Å². The second kappa shape index (κ2) is 9.12. The molecular formula is C24H36O3. The molecule has 2 fully saturated rings. The predicted octanol–water partition coefficient (Wildman–Crippen LogP) is 6.10. The van der Waals surface area contributed by atoms with Gasteiger partial charge in [-0.05, 0) is 99.3 Å². The average molecular weight is 373 g/mol. The highest BCUT2D eigenvalue weighted by atomic mass is 16.5. The molecule has 0 aromatic heterocycles. The Kier molecular flexibility index (Phi) is 6.83. The Hall–Kier alpha value is -1.51. The maximum atomic E-state index is 10.5. The maximum absolute atomic E-state index is 10.5. The highest BCUT2D eigenvalue weighted by Crippen LogP contribution is 2.49. The zero-order valence-corrected chi connectivity index (χ0v) is 17.0. The van der Waals surface area contributed by atoms with Crippen molar-refractivity contribution in [3.8, 4) is 5.75 Å². The lowest BCUT2D eigenvalue weighted by Gasteiger charge is -2.12. The molecule has 0 heterocycles. The smallest absolute Gasteiger partial charge is 0.293 e. The van der Waals surface area contributed by atoms with Crippen LogP contribution in [0.5, 0.6) is 5.75 Å². The fourth-order valence-corrected chi connectivity index (χ4v) is 4.17. The summed E-state index contributed by atoms with van der Waals surface area (Å²) in [5.74, 6) is 0.407. The van der Waals surface area contributed by atoms with E-state index in [1.807, 2.05) is 12.1 Å². The Morgan fingerprint density at radius 3 is 2.00 bits per heavy atom. The van der Waals surface area contributed by atoms with Crippen LogP contribution in [0.25, 0.3) is 0 Å². The number of phenols is 1. The number of carbonyl (C=O) groups is 1. The molecule has 3 nitrogen and oxygen atoms in total. The Balaban J connectivity index is 1.32. The minimum atomic E-state index is -0.114. The molecule has 0 unspecified atom stereocenters. The summed E-state index contributed by atoms with van der Waals surface area (Å²) in [6.07, 6.45) is 16.6. The van der Waals surface area contributed by atoms with Gasteiger partial charge in [-0.3, -0.25) is 4.79 Å². The van der Waals surface area contributed by atoms with E-state index < -0.39 is 0 Å². The van der Waals surface area contributed by atoms with Gasteiger partial charge in [0, 0.05) is 0 Å². The second-order valence-electron chi connectivity index (χ2n) is 9.34. The molecule has 0 spiro atoms. The van der Waals surface area contributed by atoms with Crippen LogP contribution in [-0.4, -0.2) is 17.2 Å². The summed E-state index contributed by atoms with van der Waals surface area (Å²) in [5.41, 5.74) is 3.09. The van der Waals surface area contributed by atoms with Crippen LogP contribution in [0, 0.1) is 5.41 Å². The molecule has 3 rings (SSSR count). The first kappa shape index (κ1) is 20.2. The minimum absolute atomic E-state index is 0.114. The molecule has 0 bridgehead atoms. The third-order valence-corrected chi connectivity index (χ3v) is 6.59. The van der Waals surface area contributed by atoms with E-state index in [1.54, 1.807) is 0 Å². The predicted molar refractivity (Wildman–Crippen MR) is 109 cm³/mol. The normalized spacial score (nSPS) is 18.9. The van der Waals surface area contributed by atoms with Crippen molar-refractivity contribution >= 4 is 6.47 Å². The van der Waals surface area contributed by atoms with E-state index in [-0.39, 0.29) is 5.60 Å². The quantitative estimate of drug-likeness (QED) is 0.317. The Morgan fingerprint density at radius 2 is 1.48 bits per heavy atom. The lowest BCUT2D eigenvalue weighted by atomic mass is 9.97. The van der Waals surface area contributed by atoms with E-state index in [9.17, 15) is 9.90 Å². The number of aryl methyl sites for hydroxylation is 2. The van der Waals surface area contributed by atoms with Crippen LogP contribution in [0.15, 0.2) is 18.2 Å². The molecule has 0 saturated heterocycles. The van der Waals surface area contributed by atoms with Crippen molar-refractivity contribution < 1.29 is 14.6 Å². The lowest BCUT2D eigenvalue weighted by Crippen LogP contribution is -2.12. The van der Waals surface area contributed by atoms with Crippen LogP contribution in [-0.2, 0) is 22.4 Å². The van der Waals surface area contributed by atoms with Crippen LogP contribution >= 0.6 is 0 Å². The largest absolute Gasteiger partial charge is 0.508 e. The average Bonchev–Trinajstić information content (AvgIpc) is 3.54. The third-order valence-electron chi connectivity index (χ3n) is 6.59. The van der Waals surface area contributed by atoms with Crippen LogP contribution in [0.3, 0.4) is 0 Å². The van der Waals surface area contributed by atoms with Gasteiger partial charge in [-0.25, -0.2) is 0 Å². The number of phenolic OH excluding ortho intramolecular Hbond substituents is 1. The van der Waals surface area contributed by atoms with Crippen molar-refractivity contribution in [1.29, 1.82) is 0 Å². The topological polar surface area (TPSA) is 46.5 Å². The first-order valence-electron chi connectivity index (χ1n) is 11.0. The van der Waals surface area contributed by atoms with Gasteiger partial charge in [0.1, 0.15) is 11.4 Å². The highest BCUT2D eigenvalue weighted by molar-refractivity contribution is 5.39. The second-order valence-corrected chi connectivity index (χ2v) is 9.34. The zero-order valence-electron chi connectivity index (χ0n) is 17.0. The van der Waals surface area contributed by atoms with E-state index >= 15 is 0 Å². The van der Waals surface area contributed by atoms with E-state index in [4.69, 9.17) is 4.74 Å². The first-order valence-corrected chi connectivity index (χ1v) is 11.0. The Bertz CT molecular complexity index is 614. The molecule has 2 aliphatic carbocycles. The SMILES string of the molecule is CC1(CCCCCc2cc(O)cc(CCCCCC3(OC=O)CC3)c2)CC1. The van der Waals surface area contributed by atoms with Crippen LogP contribution in [0.2, 0.25) is 0 Å². The standard InChI is InChI=1S/C24H36O3/c1-23(12-13-23)10-6-2-4-8-20-16-21(18-22(26)17-20)9-5-3-7-11-24(14-15-24)27-19-25/h16-19,26H,2-15H2,1H3. The number of rotatable bonds is 14. The van der Waals surface area contributed by atoms with Crippen molar-refractivity contribution in [2.24, 2.45) is 5.41 Å². The minimum Gasteiger partial charge on any atom is -0.508 e. The van der Waals surface area contributed by atoms with Crippen molar-refractivity contribution in [2.45, 2.75) is 102 Å². The monoisotopic (exact) mass is 372 g/mol. The van der Waals surface area contributed by atoms with Gasteiger partial charge in [-0.2, -0.15) is 0 Å². The Morgan fingerprint density at radius 1 is 0.889 bits per heavy atom. The van der Waals surface area contributed by atoms with Crippen molar-refractivity contribution in [3.63, 3.8) is 0 Å². The molecule has 1 aromatic rings. The molecule has 0 atom stereocenters. The van der Waals surface area contributed by atoms with Crippen molar-refractivity contribution in [3.05, 3.63) is 29.3 Å². The molecule has 1 aromatic carbocycles. The molecule has 0 radical (unpaired) electrons. The summed E-state index contributed by atoms with van der Waals surface area (Å²) >= 11 is 0. The first-order chi connectivity index (χ1) is 13.0. The van der Waals surface area contributed by atoms with Gasteiger partial charge in [0.25, 0.3) is 6.47 Å². The van der Waals surface area contributed by atoms with Crippen LogP contribution < -0.4 is 0 Å². The van der Waals surface area contributed by atoms with Crippen molar-refractivity contribution in [1.82, 2.24) is 0 Å². The van der Waals surface area contributed by atoms with Gasteiger partial charge in [-0.15, -0.1) is 0 Å². The molecule has 3 heteroatoms. The molecule has 2 aliphatic rings. The summed E-state index contributed by atoms with van der Waals surface area (Å²) in [6, 6.07) is 6.12. The summed E-state index contributed by atoms with van der Waals surface area (Å²) in [6.45, 7) is 3.02. The summed E-state index contributed by atoms with van der Waals surface area (Å²) in [4.78, 5) is 10.5. The Labute approximate surface area is 164 Å². The summed E-state index contributed by atoms with van der Waals surface area (Å²) < 4.78 is 5.20. The van der Waals surface area contributed by atoms with Crippen molar-refractivity contribution in [2.75, 3.05) is 0 Å². The number of hydrogen-bond acceptors (Lipinski definition) is 3. The molecule has 27 heavy (non-hydrogen) atoms.